The van der Waals surface area contributed by atoms with E-state index < -0.39 is 5.60 Å². The maximum absolute atomic E-state index is 10.9. The normalized spacial score (nSPS) is 22.6. The van der Waals surface area contributed by atoms with E-state index in [9.17, 15) is 4.79 Å². The summed E-state index contributed by atoms with van der Waals surface area (Å²) in [6, 6.07) is 9.71. The minimum absolute atomic E-state index is 0.442. The molecule has 2 heterocycles. The molecule has 0 aliphatic carbocycles. The van der Waals surface area contributed by atoms with Gasteiger partial charge in [0.15, 0.2) is 6.29 Å². The van der Waals surface area contributed by atoms with Gasteiger partial charge in [0.1, 0.15) is 5.60 Å². The van der Waals surface area contributed by atoms with Crippen molar-refractivity contribution in [1.29, 1.82) is 0 Å². The average molecular weight is 293 g/mol. The molecule has 1 saturated heterocycles. The average Bonchev–Trinajstić information content (AvgIpc) is 3.08. The van der Waals surface area contributed by atoms with Crippen molar-refractivity contribution in [3.63, 3.8) is 0 Å². The van der Waals surface area contributed by atoms with Crippen LogP contribution in [0, 0.1) is 0 Å². The van der Waals surface area contributed by atoms with Gasteiger partial charge in [-0.2, -0.15) is 0 Å². The number of carbonyl (C=O) groups is 1. The van der Waals surface area contributed by atoms with Gasteiger partial charge in [-0.1, -0.05) is 23.7 Å². The summed E-state index contributed by atoms with van der Waals surface area (Å²) in [5, 5.41) is 2.72. The predicted octanol–water partition coefficient (Wildman–Crippen LogP) is 4.27. The van der Waals surface area contributed by atoms with E-state index in [1.54, 1.807) is 0 Å². The SMILES string of the molecule is O=Cc1cc(C2(c3cccc(Cl)c3)CCCO2)cs1. The summed E-state index contributed by atoms with van der Waals surface area (Å²) in [7, 11) is 0. The first kappa shape index (κ1) is 12.9. The van der Waals surface area contributed by atoms with Gasteiger partial charge in [-0.3, -0.25) is 4.79 Å². The smallest absolute Gasteiger partial charge is 0.160 e. The summed E-state index contributed by atoms with van der Waals surface area (Å²) in [5.41, 5.74) is 1.68. The van der Waals surface area contributed by atoms with Gasteiger partial charge in [-0.25, -0.2) is 0 Å². The van der Waals surface area contributed by atoms with Crippen molar-refractivity contribution in [3.8, 4) is 0 Å². The summed E-state index contributed by atoms with van der Waals surface area (Å²) >= 11 is 7.55. The molecular formula is C15H13ClO2S. The van der Waals surface area contributed by atoms with Gasteiger partial charge in [0, 0.05) is 11.6 Å². The highest BCUT2D eigenvalue weighted by Crippen LogP contribution is 2.44. The monoisotopic (exact) mass is 292 g/mol. The molecule has 1 aromatic carbocycles. The van der Waals surface area contributed by atoms with Crippen molar-refractivity contribution in [2.75, 3.05) is 6.61 Å². The van der Waals surface area contributed by atoms with Crippen LogP contribution < -0.4 is 0 Å². The van der Waals surface area contributed by atoms with Crippen molar-refractivity contribution in [3.05, 3.63) is 56.7 Å². The second kappa shape index (κ2) is 5.08. The van der Waals surface area contributed by atoms with Crippen molar-refractivity contribution in [2.45, 2.75) is 18.4 Å². The van der Waals surface area contributed by atoms with Crippen LogP contribution in [0.2, 0.25) is 5.02 Å². The zero-order valence-corrected chi connectivity index (χ0v) is 11.8. The van der Waals surface area contributed by atoms with E-state index in [4.69, 9.17) is 16.3 Å². The number of hydrogen-bond acceptors (Lipinski definition) is 3. The quantitative estimate of drug-likeness (QED) is 0.790. The van der Waals surface area contributed by atoms with Crippen LogP contribution >= 0.6 is 22.9 Å². The first-order chi connectivity index (χ1) is 9.24. The summed E-state index contributed by atoms with van der Waals surface area (Å²) in [5.74, 6) is 0. The van der Waals surface area contributed by atoms with E-state index in [-0.39, 0.29) is 0 Å². The minimum atomic E-state index is -0.442. The number of rotatable bonds is 3. The Hall–Kier alpha value is -1.16. The number of ether oxygens (including phenoxy) is 1. The van der Waals surface area contributed by atoms with E-state index in [0.29, 0.717) is 5.02 Å². The zero-order valence-electron chi connectivity index (χ0n) is 10.3. The second-order valence-electron chi connectivity index (χ2n) is 4.64. The van der Waals surface area contributed by atoms with Crippen LogP contribution in [0.3, 0.4) is 0 Å². The summed E-state index contributed by atoms with van der Waals surface area (Å²) in [6.07, 6.45) is 2.82. The molecule has 1 aromatic heterocycles. The second-order valence-corrected chi connectivity index (χ2v) is 6.02. The van der Waals surface area contributed by atoms with E-state index >= 15 is 0 Å². The minimum Gasteiger partial charge on any atom is -0.366 e. The fourth-order valence-electron chi connectivity index (χ4n) is 2.63. The Labute approximate surface area is 121 Å². The van der Waals surface area contributed by atoms with Crippen LogP contribution in [0.1, 0.15) is 33.6 Å². The van der Waals surface area contributed by atoms with Crippen LogP contribution in [-0.4, -0.2) is 12.9 Å². The van der Waals surface area contributed by atoms with Crippen LogP contribution in [0.15, 0.2) is 35.7 Å². The van der Waals surface area contributed by atoms with Gasteiger partial charge in [0.2, 0.25) is 0 Å². The van der Waals surface area contributed by atoms with Crippen molar-refractivity contribution < 1.29 is 9.53 Å². The molecule has 0 N–H and O–H groups in total. The molecule has 0 saturated carbocycles. The van der Waals surface area contributed by atoms with Crippen LogP contribution in [-0.2, 0) is 10.3 Å². The Morgan fingerprint density at radius 3 is 2.84 bits per heavy atom. The largest absolute Gasteiger partial charge is 0.366 e. The van der Waals surface area contributed by atoms with Crippen molar-refractivity contribution in [1.82, 2.24) is 0 Å². The molecule has 0 spiro atoms. The predicted molar refractivity (Wildman–Crippen MR) is 77.1 cm³/mol. The summed E-state index contributed by atoms with van der Waals surface area (Å²) in [6.45, 7) is 0.735. The number of aldehydes is 1. The molecule has 19 heavy (non-hydrogen) atoms. The fraction of sp³-hybridized carbons (Fsp3) is 0.267. The zero-order chi connectivity index (χ0) is 13.3. The lowest BCUT2D eigenvalue weighted by Crippen LogP contribution is -2.25. The Bertz CT molecular complexity index is 600. The molecule has 1 aliphatic rings. The highest BCUT2D eigenvalue weighted by atomic mass is 35.5. The van der Waals surface area contributed by atoms with E-state index in [1.165, 1.54) is 11.3 Å². The molecule has 0 amide bonds. The summed E-state index contributed by atoms with van der Waals surface area (Å²) < 4.78 is 6.06. The van der Waals surface area contributed by atoms with Gasteiger partial charge < -0.3 is 4.74 Å². The Balaban J connectivity index is 2.11. The number of halogens is 1. The molecule has 0 radical (unpaired) electrons. The molecule has 1 unspecified atom stereocenters. The number of carbonyl (C=O) groups excluding carboxylic acids is 1. The molecular weight excluding hydrogens is 280 g/mol. The lowest BCUT2D eigenvalue weighted by atomic mass is 9.85. The third kappa shape index (κ3) is 2.22. The molecule has 98 valence electrons. The van der Waals surface area contributed by atoms with E-state index in [0.717, 1.165) is 41.7 Å². The Morgan fingerprint density at radius 2 is 2.21 bits per heavy atom. The van der Waals surface area contributed by atoms with Crippen LogP contribution in [0.5, 0.6) is 0 Å². The van der Waals surface area contributed by atoms with Crippen LogP contribution in [0.25, 0.3) is 0 Å². The molecule has 1 atom stereocenters. The molecule has 1 aliphatic heterocycles. The van der Waals surface area contributed by atoms with E-state index in [1.807, 2.05) is 35.7 Å². The van der Waals surface area contributed by atoms with Gasteiger partial charge >= 0.3 is 0 Å². The molecule has 2 nitrogen and oxygen atoms in total. The van der Waals surface area contributed by atoms with Gasteiger partial charge in [-0.05, 0) is 47.5 Å². The number of thiophene rings is 1. The van der Waals surface area contributed by atoms with Gasteiger partial charge in [0.05, 0.1) is 4.88 Å². The molecule has 1 fully saturated rings. The molecule has 4 heteroatoms. The lowest BCUT2D eigenvalue weighted by Gasteiger charge is -2.28. The van der Waals surface area contributed by atoms with Gasteiger partial charge in [-0.15, -0.1) is 11.3 Å². The fourth-order valence-corrected chi connectivity index (χ4v) is 3.59. The Morgan fingerprint density at radius 1 is 1.32 bits per heavy atom. The molecule has 3 rings (SSSR count). The van der Waals surface area contributed by atoms with Crippen molar-refractivity contribution in [2.24, 2.45) is 0 Å². The van der Waals surface area contributed by atoms with E-state index in [2.05, 4.69) is 0 Å². The third-order valence-corrected chi connectivity index (χ3v) is 4.61. The summed E-state index contributed by atoms with van der Waals surface area (Å²) in [4.78, 5) is 11.6. The van der Waals surface area contributed by atoms with Gasteiger partial charge in [0.25, 0.3) is 0 Å². The Kier molecular flexibility index (Phi) is 3.44. The maximum atomic E-state index is 10.9. The first-order valence-corrected chi connectivity index (χ1v) is 7.44. The van der Waals surface area contributed by atoms with Crippen LogP contribution in [0.4, 0.5) is 0 Å². The topological polar surface area (TPSA) is 26.3 Å². The lowest BCUT2D eigenvalue weighted by molar-refractivity contribution is 0.0363. The van der Waals surface area contributed by atoms with Crippen molar-refractivity contribution >= 4 is 29.2 Å². The third-order valence-electron chi connectivity index (χ3n) is 3.51. The maximum Gasteiger partial charge on any atom is 0.160 e. The molecule has 2 aromatic rings. The number of hydrogen-bond donors (Lipinski definition) is 0. The highest BCUT2D eigenvalue weighted by Gasteiger charge is 2.39. The highest BCUT2D eigenvalue weighted by molar-refractivity contribution is 7.11. The first-order valence-electron chi connectivity index (χ1n) is 6.19. The number of benzene rings is 1. The standard InChI is InChI=1S/C15H13ClO2S/c16-13-4-1-3-11(7-13)15(5-2-6-18-15)12-8-14(9-17)19-10-12/h1,3-4,7-10H,2,5-6H2. The molecule has 0 bridgehead atoms.